The van der Waals surface area contributed by atoms with E-state index in [2.05, 4.69) is 33.7 Å². The van der Waals surface area contributed by atoms with E-state index in [-0.39, 0.29) is 16.6 Å². The van der Waals surface area contributed by atoms with Gasteiger partial charge in [0.25, 0.3) is 10.0 Å². The number of nitrogens with one attached hydrogen (secondary N) is 1. The number of fused-ring (bicyclic) bond motifs is 1. The Morgan fingerprint density at radius 1 is 1.03 bits per heavy atom. The minimum atomic E-state index is -3.62. The fraction of sp³-hybridized carbons (Fsp3) is 0.417. The summed E-state index contributed by atoms with van der Waals surface area (Å²) in [6, 6.07) is 16.5. The fourth-order valence-corrected chi connectivity index (χ4v) is 5.44. The molecule has 2 aromatic rings. The first-order valence-electron chi connectivity index (χ1n) is 11.2. The summed E-state index contributed by atoms with van der Waals surface area (Å²) in [5.41, 5.74) is 1.81. The number of sulfonamides is 1. The molecule has 1 saturated heterocycles. The lowest BCUT2D eigenvalue weighted by atomic mass is 10.1. The molecule has 1 N–H and O–H groups in total. The van der Waals surface area contributed by atoms with Crippen LogP contribution < -0.4 is 4.72 Å². The van der Waals surface area contributed by atoms with Crippen molar-refractivity contribution in [1.82, 2.24) is 14.5 Å². The van der Waals surface area contributed by atoms with Gasteiger partial charge in [-0.3, -0.25) is 19.4 Å². The molecule has 32 heavy (non-hydrogen) atoms. The highest BCUT2D eigenvalue weighted by Crippen LogP contribution is 2.23. The van der Waals surface area contributed by atoms with E-state index < -0.39 is 16.1 Å². The molecular formula is C24H30N4O3S. The van der Waals surface area contributed by atoms with E-state index in [0.717, 1.165) is 32.5 Å². The first-order chi connectivity index (χ1) is 15.5. The predicted molar refractivity (Wildman–Crippen MR) is 125 cm³/mol. The summed E-state index contributed by atoms with van der Waals surface area (Å²) < 4.78 is 27.4. The third-order valence-electron chi connectivity index (χ3n) is 6.00. The van der Waals surface area contributed by atoms with Crippen molar-refractivity contribution in [2.75, 3.05) is 26.2 Å². The average molecular weight is 455 g/mol. The summed E-state index contributed by atoms with van der Waals surface area (Å²) in [6.45, 7) is 5.89. The fourth-order valence-electron chi connectivity index (χ4n) is 4.21. The van der Waals surface area contributed by atoms with Crippen LogP contribution in [0.2, 0.25) is 0 Å². The van der Waals surface area contributed by atoms with E-state index in [1.165, 1.54) is 5.56 Å². The topological polar surface area (TPSA) is 82.1 Å². The van der Waals surface area contributed by atoms with Gasteiger partial charge in [0.05, 0.1) is 4.90 Å². The van der Waals surface area contributed by atoms with Crippen molar-refractivity contribution >= 4 is 21.8 Å². The van der Waals surface area contributed by atoms with Crippen molar-refractivity contribution in [3.63, 3.8) is 0 Å². The van der Waals surface area contributed by atoms with Gasteiger partial charge in [-0.05, 0) is 24.1 Å². The largest absolute Gasteiger partial charge is 0.338 e. The van der Waals surface area contributed by atoms with Crippen molar-refractivity contribution < 1.29 is 13.2 Å². The Morgan fingerprint density at radius 3 is 2.44 bits per heavy atom. The highest BCUT2D eigenvalue weighted by molar-refractivity contribution is 7.90. The Morgan fingerprint density at radius 2 is 1.72 bits per heavy atom. The first kappa shape index (κ1) is 22.5. The van der Waals surface area contributed by atoms with Crippen molar-refractivity contribution in [1.29, 1.82) is 0 Å². The van der Waals surface area contributed by atoms with Gasteiger partial charge in [0, 0.05) is 38.3 Å². The van der Waals surface area contributed by atoms with Crippen molar-refractivity contribution in [3.05, 3.63) is 65.7 Å². The molecule has 0 spiro atoms. The van der Waals surface area contributed by atoms with Crippen molar-refractivity contribution in [2.45, 2.75) is 43.7 Å². The van der Waals surface area contributed by atoms with Crippen LogP contribution in [0.5, 0.6) is 0 Å². The van der Waals surface area contributed by atoms with E-state index in [0.29, 0.717) is 25.1 Å². The molecule has 2 aromatic carbocycles. The van der Waals surface area contributed by atoms with Gasteiger partial charge in [-0.1, -0.05) is 62.2 Å². The number of amides is 1. The number of hydrogen-bond donors (Lipinski definition) is 1. The zero-order chi connectivity index (χ0) is 22.6. The maximum Gasteiger partial charge on any atom is 0.263 e. The summed E-state index contributed by atoms with van der Waals surface area (Å²) in [6.07, 6.45) is 2.41. The predicted octanol–water partition coefficient (Wildman–Crippen LogP) is 2.63. The van der Waals surface area contributed by atoms with Crippen molar-refractivity contribution in [2.24, 2.45) is 4.99 Å². The second-order valence-electron chi connectivity index (χ2n) is 8.32. The number of piperazine rings is 1. The smallest absolute Gasteiger partial charge is 0.263 e. The monoisotopic (exact) mass is 454 g/mol. The highest BCUT2D eigenvalue weighted by Gasteiger charge is 2.33. The van der Waals surface area contributed by atoms with Crippen LogP contribution in [-0.2, 0) is 21.4 Å². The van der Waals surface area contributed by atoms with Crippen LogP contribution >= 0.6 is 0 Å². The Balaban J connectivity index is 1.46. The van der Waals surface area contributed by atoms with Gasteiger partial charge < -0.3 is 4.90 Å². The Kier molecular flexibility index (Phi) is 6.91. The SMILES string of the molecule is CCCCC(N=C1NS(=O)(=O)c2ccccc21)C(=O)N1CCN(Cc2ccccc2)CC1. The van der Waals surface area contributed by atoms with E-state index in [9.17, 15) is 13.2 Å². The number of carbonyl (C=O) groups is 1. The lowest BCUT2D eigenvalue weighted by Gasteiger charge is -2.36. The molecule has 2 aliphatic heterocycles. The third kappa shape index (κ3) is 5.02. The zero-order valence-electron chi connectivity index (χ0n) is 18.4. The molecule has 1 unspecified atom stereocenters. The maximum atomic E-state index is 13.4. The number of aliphatic imine (C=N–C) groups is 1. The number of rotatable bonds is 7. The molecule has 170 valence electrons. The third-order valence-corrected chi connectivity index (χ3v) is 7.39. The molecule has 0 aromatic heterocycles. The molecule has 2 heterocycles. The minimum absolute atomic E-state index is 0.0195. The maximum absolute atomic E-state index is 13.4. The van der Waals surface area contributed by atoms with Crippen LogP contribution in [-0.4, -0.2) is 62.2 Å². The van der Waals surface area contributed by atoms with E-state index in [1.54, 1.807) is 24.3 Å². The standard InChI is InChI=1S/C24H30N4O3S/c1-2-3-12-21(25-23-20-11-7-8-13-22(20)32(30,31)26-23)24(29)28-16-14-27(15-17-28)18-19-9-5-4-6-10-19/h4-11,13,21H,2-3,12,14-18H2,1H3,(H,25,26). The number of hydrogen-bond acceptors (Lipinski definition) is 5. The molecule has 7 nitrogen and oxygen atoms in total. The van der Waals surface area contributed by atoms with Crippen LogP contribution in [0.15, 0.2) is 64.5 Å². The van der Waals surface area contributed by atoms with Crippen LogP contribution in [0.1, 0.15) is 37.3 Å². The molecule has 4 rings (SSSR count). The van der Waals surface area contributed by atoms with Gasteiger partial charge in [-0.25, -0.2) is 8.42 Å². The Hall–Kier alpha value is -2.71. The van der Waals surface area contributed by atoms with Gasteiger partial charge in [-0.2, -0.15) is 0 Å². The van der Waals surface area contributed by atoms with Crippen LogP contribution in [0.25, 0.3) is 0 Å². The quantitative estimate of drug-likeness (QED) is 0.697. The summed E-state index contributed by atoms with van der Waals surface area (Å²) in [4.78, 5) is 22.4. The van der Waals surface area contributed by atoms with Crippen LogP contribution in [0.4, 0.5) is 0 Å². The molecule has 1 amide bonds. The lowest BCUT2D eigenvalue weighted by molar-refractivity contribution is -0.134. The number of amidine groups is 1. The molecule has 0 saturated carbocycles. The molecule has 2 aliphatic rings. The van der Waals surface area contributed by atoms with Gasteiger partial charge >= 0.3 is 0 Å². The Labute approximate surface area is 190 Å². The number of unbranched alkanes of at least 4 members (excludes halogenated alkanes) is 1. The number of nitrogens with zero attached hydrogens (tertiary/aromatic N) is 3. The zero-order valence-corrected chi connectivity index (χ0v) is 19.2. The molecule has 0 aliphatic carbocycles. The minimum Gasteiger partial charge on any atom is -0.338 e. The molecule has 1 fully saturated rings. The van der Waals surface area contributed by atoms with E-state index in [4.69, 9.17) is 0 Å². The molecule has 1 atom stereocenters. The molecule has 0 bridgehead atoms. The van der Waals surface area contributed by atoms with Gasteiger partial charge in [0.15, 0.2) is 0 Å². The van der Waals surface area contributed by atoms with Gasteiger partial charge in [0.1, 0.15) is 11.9 Å². The summed E-state index contributed by atoms with van der Waals surface area (Å²) in [7, 11) is -3.62. The van der Waals surface area contributed by atoms with Crippen LogP contribution in [0, 0.1) is 0 Å². The Bertz CT molecular complexity index is 1080. The first-order valence-corrected chi connectivity index (χ1v) is 12.7. The second kappa shape index (κ2) is 9.83. The summed E-state index contributed by atoms with van der Waals surface area (Å²) in [5.74, 6) is 0.256. The molecular weight excluding hydrogens is 424 g/mol. The normalized spacial score (nSPS) is 20.0. The average Bonchev–Trinajstić information content (AvgIpc) is 3.07. The molecule has 0 radical (unpaired) electrons. The van der Waals surface area contributed by atoms with E-state index in [1.807, 2.05) is 23.1 Å². The molecule has 8 heteroatoms. The lowest BCUT2D eigenvalue weighted by Crippen LogP contribution is -2.51. The van der Waals surface area contributed by atoms with Gasteiger partial charge in [0.2, 0.25) is 5.91 Å². The van der Waals surface area contributed by atoms with Crippen molar-refractivity contribution in [3.8, 4) is 0 Å². The number of benzene rings is 2. The highest BCUT2D eigenvalue weighted by atomic mass is 32.2. The van der Waals surface area contributed by atoms with Crippen LogP contribution in [0.3, 0.4) is 0 Å². The number of carbonyl (C=O) groups excluding carboxylic acids is 1. The second-order valence-corrected chi connectivity index (χ2v) is 9.98. The summed E-state index contributed by atoms with van der Waals surface area (Å²) in [5, 5.41) is 0. The van der Waals surface area contributed by atoms with Gasteiger partial charge in [-0.15, -0.1) is 0 Å². The summed E-state index contributed by atoms with van der Waals surface area (Å²) >= 11 is 0. The van der Waals surface area contributed by atoms with E-state index >= 15 is 0 Å².